The van der Waals surface area contributed by atoms with Gasteiger partial charge in [0, 0.05) is 11.8 Å². The lowest BCUT2D eigenvalue weighted by molar-refractivity contribution is 0.489. The second-order valence-electron chi connectivity index (χ2n) is 3.33. The zero-order valence-electron chi connectivity index (χ0n) is 5.60. The van der Waals surface area contributed by atoms with Crippen LogP contribution in [0.5, 0.6) is 0 Å². The molecule has 1 aliphatic carbocycles. The van der Waals surface area contributed by atoms with Gasteiger partial charge in [0.05, 0.1) is 0 Å². The van der Waals surface area contributed by atoms with Gasteiger partial charge in [0.1, 0.15) is 0 Å². The number of hydrogen-bond acceptors (Lipinski definition) is 2. The topological polar surface area (TPSA) is 26.0 Å². The first-order valence-electron chi connectivity index (χ1n) is 3.67. The van der Waals surface area contributed by atoms with Crippen molar-refractivity contribution in [1.82, 2.24) is 0 Å². The molecule has 9 heavy (non-hydrogen) atoms. The van der Waals surface area contributed by atoms with Gasteiger partial charge < -0.3 is 5.73 Å². The predicted molar refractivity (Wildman–Crippen MR) is 41.6 cm³/mol. The Morgan fingerprint density at radius 2 is 2.33 bits per heavy atom. The van der Waals surface area contributed by atoms with Gasteiger partial charge in [-0.1, -0.05) is 0 Å². The highest BCUT2D eigenvalue weighted by molar-refractivity contribution is 7.99. The smallest absolute Gasteiger partial charge is 0.0110 e. The quantitative estimate of drug-likeness (QED) is 0.552. The highest BCUT2D eigenvalue weighted by atomic mass is 32.2. The standard InChI is InChI=1S/C7H13NS/c8-6-4-7(6)2-1-3-9-5-7/h6H,1-5,8H2. The third-order valence-corrected chi connectivity index (χ3v) is 3.96. The van der Waals surface area contributed by atoms with Crippen molar-refractivity contribution in [2.75, 3.05) is 11.5 Å². The molecule has 1 saturated heterocycles. The first-order valence-corrected chi connectivity index (χ1v) is 4.82. The average Bonchev–Trinajstić information content (AvgIpc) is 2.44. The fourth-order valence-corrected chi connectivity index (χ4v) is 3.08. The van der Waals surface area contributed by atoms with Crippen molar-refractivity contribution >= 4 is 11.8 Å². The lowest BCUT2D eigenvalue weighted by Gasteiger charge is -2.20. The summed E-state index contributed by atoms with van der Waals surface area (Å²) in [5, 5.41) is 0. The lowest BCUT2D eigenvalue weighted by Crippen LogP contribution is -2.20. The molecule has 0 radical (unpaired) electrons. The first kappa shape index (κ1) is 6.05. The van der Waals surface area contributed by atoms with Crippen LogP contribution in [0.4, 0.5) is 0 Å². The number of hydrogen-bond donors (Lipinski definition) is 1. The molecule has 2 heteroatoms. The van der Waals surface area contributed by atoms with Crippen LogP contribution < -0.4 is 5.73 Å². The molecule has 1 spiro atoms. The molecule has 0 aromatic rings. The molecule has 2 atom stereocenters. The van der Waals surface area contributed by atoms with E-state index in [0.29, 0.717) is 11.5 Å². The maximum absolute atomic E-state index is 5.82. The van der Waals surface area contributed by atoms with E-state index >= 15 is 0 Å². The third kappa shape index (κ3) is 0.887. The van der Waals surface area contributed by atoms with E-state index in [4.69, 9.17) is 5.73 Å². The zero-order chi connectivity index (χ0) is 6.32. The summed E-state index contributed by atoms with van der Waals surface area (Å²) >= 11 is 2.09. The van der Waals surface area contributed by atoms with E-state index in [9.17, 15) is 0 Å². The second kappa shape index (κ2) is 1.89. The van der Waals surface area contributed by atoms with Gasteiger partial charge in [-0.15, -0.1) is 0 Å². The SMILES string of the molecule is NC1CC12CCCSC2. The molecule has 0 aromatic heterocycles. The van der Waals surface area contributed by atoms with Crippen LogP contribution in [0.15, 0.2) is 0 Å². The maximum atomic E-state index is 5.82. The summed E-state index contributed by atoms with van der Waals surface area (Å²) < 4.78 is 0. The van der Waals surface area contributed by atoms with Gasteiger partial charge in [-0.25, -0.2) is 0 Å². The summed E-state index contributed by atoms with van der Waals surface area (Å²) in [5.41, 5.74) is 6.45. The van der Waals surface area contributed by atoms with Crippen LogP contribution in [-0.4, -0.2) is 17.5 Å². The fourth-order valence-electron chi connectivity index (χ4n) is 1.71. The van der Waals surface area contributed by atoms with Gasteiger partial charge in [-0.3, -0.25) is 0 Å². The molecule has 0 amide bonds. The first-order chi connectivity index (χ1) is 4.33. The van der Waals surface area contributed by atoms with Gasteiger partial charge in [0.2, 0.25) is 0 Å². The molecule has 0 bridgehead atoms. The van der Waals surface area contributed by atoms with E-state index < -0.39 is 0 Å². The second-order valence-corrected chi connectivity index (χ2v) is 4.43. The van der Waals surface area contributed by atoms with E-state index in [0.717, 1.165) is 0 Å². The summed E-state index contributed by atoms with van der Waals surface area (Å²) in [6.07, 6.45) is 4.11. The molecule has 52 valence electrons. The molecule has 2 rings (SSSR count). The summed E-state index contributed by atoms with van der Waals surface area (Å²) in [5.74, 6) is 2.71. The monoisotopic (exact) mass is 143 g/mol. The Kier molecular flexibility index (Phi) is 1.27. The van der Waals surface area contributed by atoms with Crippen molar-refractivity contribution in [2.45, 2.75) is 25.3 Å². The molecule has 1 saturated carbocycles. The van der Waals surface area contributed by atoms with Gasteiger partial charge in [0.15, 0.2) is 0 Å². The molecular formula is C7H13NS. The minimum absolute atomic E-state index is 0.560. The van der Waals surface area contributed by atoms with Crippen LogP contribution in [0, 0.1) is 5.41 Å². The molecule has 1 aliphatic heterocycles. The summed E-state index contributed by atoms with van der Waals surface area (Å²) in [7, 11) is 0. The van der Waals surface area contributed by atoms with Crippen LogP contribution in [0.3, 0.4) is 0 Å². The molecule has 0 aromatic carbocycles. The highest BCUT2D eigenvalue weighted by Crippen LogP contribution is 2.53. The largest absolute Gasteiger partial charge is 0.327 e. The average molecular weight is 143 g/mol. The summed E-state index contributed by atoms with van der Waals surface area (Å²) in [6.45, 7) is 0. The van der Waals surface area contributed by atoms with E-state index in [1.54, 1.807) is 0 Å². The van der Waals surface area contributed by atoms with Crippen LogP contribution in [0.2, 0.25) is 0 Å². The van der Waals surface area contributed by atoms with Crippen molar-refractivity contribution in [2.24, 2.45) is 11.1 Å². The van der Waals surface area contributed by atoms with Crippen molar-refractivity contribution in [3.8, 4) is 0 Å². The number of rotatable bonds is 0. The molecule has 2 N–H and O–H groups in total. The Hall–Kier alpha value is 0.310. The van der Waals surface area contributed by atoms with Crippen molar-refractivity contribution < 1.29 is 0 Å². The summed E-state index contributed by atoms with van der Waals surface area (Å²) in [4.78, 5) is 0. The summed E-state index contributed by atoms with van der Waals surface area (Å²) in [6, 6.07) is 0.560. The van der Waals surface area contributed by atoms with Crippen LogP contribution in [0.1, 0.15) is 19.3 Å². The van der Waals surface area contributed by atoms with Gasteiger partial charge in [0.25, 0.3) is 0 Å². The maximum Gasteiger partial charge on any atom is 0.0110 e. The van der Waals surface area contributed by atoms with E-state index in [2.05, 4.69) is 11.8 Å². The van der Waals surface area contributed by atoms with E-state index in [1.165, 1.54) is 30.8 Å². The number of thioether (sulfide) groups is 1. The minimum atomic E-state index is 0.560. The van der Waals surface area contributed by atoms with Crippen molar-refractivity contribution in [3.05, 3.63) is 0 Å². The van der Waals surface area contributed by atoms with Crippen LogP contribution >= 0.6 is 11.8 Å². The Morgan fingerprint density at radius 1 is 1.56 bits per heavy atom. The van der Waals surface area contributed by atoms with E-state index in [1.807, 2.05) is 0 Å². The number of nitrogens with two attached hydrogens (primary N) is 1. The predicted octanol–water partition coefficient (Wildman–Crippen LogP) is 1.23. The van der Waals surface area contributed by atoms with Crippen molar-refractivity contribution in [3.63, 3.8) is 0 Å². The molecule has 2 aliphatic rings. The molecule has 1 nitrogen and oxygen atoms in total. The highest BCUT2D eigenvalue weighted by Gasteiger charge is 2.51. The Balaban J connectivity index is 1.97. The van der Waals surface area contributed by atoms with E-state index in [-0.39, 0.29) is 0 Å². The lowest BCUT2D eigenvalue weighted by atomic mass is 10.0. The van der Waals surface area contributed by atoms with Gasteiger partial charge >= 0.3 is 0 Å². The van der Waals surface area contributed by atoms with Gasteiger partial charge in [-0.05, 0) is 30.4 Å². The van der Waals surface area contributed by atoms with Crippen LogP contribution in [-0.2, 0) is 0 Å². The molecule has 2 fully saturated rings. The third-order valence-electron chi connectivity index (χ3n) is 2.61. The van der Waals surface area contributed by atoms with Crippen LogP contribution in [0.25, 0.3) is 0 Å². The van der Waals surface area contributed by atoms with Crippen molar-refractivity contribution in [1.29, 1.82) is 0 Å². The zero-order valence-corrected chi connectivity index (χ0v) is 6.41. The minimum Gasteiger partial charge on any atom is -0.327 e. The Morgan fingerprint density at radius 3 is 2.67 bits per heavy atom. The fraction of sp³-hybridized carbons (Fsp3) is 1.00. The Bertz CT molecular complexity index is 118. The molecular weight excluding hydrogens is 130 g/mol. The Labute approximate surface area is 60.4 Å². The molecule has 2 unspecified atom stereocenters. The van der Waals surface area contributed by atoms with Gasteiger partial charge in [-0.2, -0.15) is 11.8 Å². The normalized spacial score (nSPS) is 49.7. The molecule has 1 heterocycles.